The first-order valence-electron chi connectivity index (χ1n) is 5.53. The molecule has 0 aliphatic rings. The van der Waals surface area contributed by atoms with E-state index in [0.717, 1.165) is 12.2 Å². The number of hydrogen-bond acceptors (Lipinski definition) is 2. The minimum absolute atomic E-state index is 0.0593. The lowest BCUT2D eigenvalue weighted by Gasteiger charge is -2.07. The van der Waals surface area contributed by atoms with Crippen LogP contribution in [0.5, 0.6) is 5.75 Å². The number of benzene rings is 1. The molecule has 1 rings (SSSR count). The summed E-state index contributed by atoms with van der Waals surface area (Å²) in [6.07, 6.45) is 1.26. The van der Waals surface area contributed by atoms with E-state index >= 15 is 0 Å². The molecule has 1 aromatic rings. The van der Waals surface area contributed by atoms with E-state index in [9.17, 15) is 4.79 Å². The number of rotatable bonds is 5. The molecule has 16 heavy (non-hydrogen) atoms. The standard InChI is InChI=1S/C13H19NO2/c1-10-7-11(2)9-12(8-10)16-6-4-5-13(15)14-3/h7-9H,4-6H2,1-3H3,(H,14,15). The zero-order valence-electron chi connectivity index (χ0n) is 10.2. The Morgan fingerprint density at radius 3 is 2.44 bits per heavy atom. The minimum atomic E-state index is 0.0593. The van der Waals surface area contributed by atoms with Crippen LogP contribution >= 0.6 is 0 Å². The normalized spacial score (nSPS) is 9.94. The highest BCUT2D eigenvalue weighted by atomic mass is 16.5. The predicted molar refractivity (Wildman–Crippen MR) is 64.7 cm³/mol. The van der Waals surface area contributed by atoms with Gasteiger partial charge < -0.3 is 10.1 Å². The molecule has 0 bridgehead atoms. The predicted octanol–water partition coefficient (Wildman–Crippen LogP) is 2.21. The summed E-state index contributed by atoms with van der Waals surface area (Å²) in [5, 5.41) is 2.59. The fourth-order valence-corrected chi connectivity index (χ4v) is 1.56. The van der Waals surface area contributed by atoms with Gasteiger partial charge in [-0.05, 0) is 43.5 Å². The highest BCUT2D eigenvalue weighted by Crippen LogP contribution is 2.16. The van der Waals surface area contributed by atoms with E-state index in [1.54, 1.807) is 7.05 Å². The molecule has 0 heterocycles. The van der Waals surface area contributed by atoms with Crippen molar-refractivity contribution in [1.82, 2.24) is 5.32 Å². The number of carbonyl (C=O) groups is 1. The Hall–Kier alpha value is -1.51. The van der Waals surface area contributed by atoms with Crippen molar-refractivity contribution >= 4 is 5.91 Å². The Balaban J connectivity index is 2.34. The molecule has 1 amide bonds. The smallest absolute Gasteiger partial charge is 0.219 e. The van der Waals surface area contributed by atoms with Crippen molar-refractivity contribution in [2.45, 2.75) is 26.7 Å². The van der Waals surface area contributed by atoms with Crippen LogP contribution in [0.25, 0.3) is 0 Å². The first-order valence-corrected chi connectivity index (χ1v) is 5.53. The van der Waals surface area contributed by atoms with Crippen LogP contribution in [-0.2, 0) is 4.79 Å². The number of hydrogen-bond donors (Lipinski definition) is 1. The second kappa shape index (κ2) is 6.16. The van der Waals surface area contributed by atoms with E-state index in [4.69, 9.17) is 4.74 Å². The van der Waals surface area contributed by atoms with Crippen molar-refractivity contribution in [1.29, 1.82) is 0 Å². The second-order valence-corrected chi connectivity index (χ2v) is 3.95. The van der Waals surface area contributed by atoms with Crippen molar-refractivity contribution in [3.8, 4) is 5.75 Å². The van der Waals surface area contributed by atoms with Gasteiger partial charge in [0.1, 0.15) is 5.75 Å². The Bertz CT molecular complexity index is 341. The van der Waals surface area contributed by atoms with E-state index in [1.165, 1.54) is 11.1 Å². The Kier molecular flexibility index (Phi) is 4.83. The van der Waals surface area contributed by atoms with E-state index in [-0.39, 0.29) is 5.91 Å². The van der Waals surface area contributed by atoms with Gasteiger partial charge in [-0.1, -0.05) is 6.07 Å². The summed E-state index contributed by atoms with van der Waals surface area (Å²) in [4.78, 5) is 11.0. The molecule has 0 aromatic heterocycles. The average Bonchev–Trinajstić information content (AvgIpc) is 2.22. The summed E-state index contributed by atoms with van der Waals surface area (Å²) in [6, 6.07) is 6.12. The molecule has 1 N–H and O–H groups in total. The van der Waals surface area contributed by atoms with E-state index in [0.29, 0.717) is 13.0 Å². The Labute approximate surface area is 96.8 Å². The number of aryl methyl sites for hydroxylation is 2. The first-order chi connectivity index (χ1) is 7.61. The van der Waals surface area contributed by atoms with Crippen molar-refractivity contribution in [3.05, 3.63) is 29.3 Å². The van der Waals surface area contributed by atoms with Gasteiger partial charge in [-0.2, -0.15) is 0 Å². The lowest BCUT2D eigenvalue weighted by molar-refractivity contribution is -0.120. The van der Waals surface area contributed by atoms with Gasteiger partial charge in [0.15, 0.2) is 0 Å². The van der Waals surface area contributed by atoms with E-state index in [2.05, 4.69) is 11.4 Å². The molecule has 3 heteroatoms. The summed E-state index contributed by atoms with van der Waals surface area (Å²) < 4.78 is 5.58. The summed E-state index contributed by atoms with van der Waals surface area (Å²) in [7, 11) is 1.65. The number of carbonyl (C=O) groups excluding carboxylic acids is 1. The molecular formula is C13H19NO2. The van der Waals surface area contributed by atoms with Crippen LogP contribution < -0.4 is 10.1 Å². The number of ether oxygens (including phenoxy) is 1. The molecule has 0 aliphatic carbocycles. The number of amides is 1. The highest BCUT2D eigenvalue weighted by Gasteiger charge is 1.99. The minimum Gasteiger partial charge on any atom is -0.494 e. The van der Waals surface area contributed by atoms with Crippen LogP contribution in [0, 0.1) is 13.8 Å². The maximum Gasteiger partial charge on any atom is 0.219 e. The summed E-state index contributed by atoms with van der Waals surface area (Å²) in [6.45, 7) is 4.67. The maximum atomic E-state index is 11.0. The van der Waals surface area contributed by atoms with Gasteiger partial charge in [0.2, 0.25) is 5.91 Å². The fourth-order valence-electron chi connectivity index (χ4n) is 1.56. The van der Waals surface area contributed by atoms with Crippen LogP contribution in [0.2, 0.25) is 0 Å². The Morgan fingerprint density at radius 1 is 1.25 bits per heavy atom. The molecule has 0 spiro atoms. The van der Waals surface area contributed by atoms with Crippen molar-refractivity contribution in [3.63, 3.8) is 0 Å². The number of nitrogens with one attached hydrogen (secondary N) is 1. The summed E-state index contributed by atoms with van der Waals surface area (Å²) in [5.41, 5.74) is 2.39. The van der Waals surface area contributed by atoms with Crippen LogP contribution in [-0.4, -0.2) is 19.6 Å². The maximum absolute atomic E-state index is 11.0. The first kappa shape index (κ1) is 12.6. The molecule has 0 fully saturated rings. The van der Waals surface area contributed by atoms with Crippen LogP contribution in [0.15, 0.2) is 18.2 Å². The summed E-state index contributed by atoms with van der Waals surface area (Å²) in [5.74, 6) is 0.943. The SMILES string of the molecule is CNC(=O)CCCOc1cc(C)cc(C)c1. The molecule has 0 radical (unpaired) electrons. The van der Waals surface area contributed by atoms with Gasteiger partial charge in [0, 0.05) is 13.5 Å². The molecular weight excluding hydrogens is 202 g/mol. The van der Waals surface area contributed by atoms with Crippen LogP contribution in [0.3, 0.4) is 0 Å². The molecule has 1 aromatic carbocycles. The topological polar surface area (TPSA) is 38.3 Å². The van der Waals surface area contributed by atoms with Crippen LogP contribution in [0.1, 0.15) is 24.0 Å². The van der Waals surface area contributed by atoms with Gasteiger partial charge in [0.05, 0.1) is 6.61 Å². The monoisotopic (exact) mass is 221 g/mol. The third-order valence-corrected chi connectivity index (χ3v) is 2.29. The largest absolute Gasteiger partial charge is 0.494 e. The molecule has 0 atom stereocenters. The van der Waals surface area contributed by atoms with E-state index < -0.39 is 0 Å². The molecule has 0 saturated heterocycles. The Morgan fingerprint density at radius 2 is 1.88 bits per heavy atom. The van der Waals surface area contributed by atoms with Gasteiger partial charge in [-0.15, -0.1) is 0 Å². The third-order valence-electron chi connectivity index (χ3n) is 2.29. The van der Waals surface area contributed by atoms with Crippen molar-refractivity contribution in [2.75, 3.05) is 13.7 Å². The average molecular weight is 221 g/mol. The zero-order valence-corrected chi connectivity index (χ0v) is 10.2. The zero-order chi connectivity index (χ0) is 12.0. The quantitative estimate of drug-likeness (QED) is 0.774. The second-order valence-electron chi connectivity index (χ2n) is 3.95. The fraction of sp³-hybridized carbons (Fsp3) is 0.462. The van der Waals surface area contributed by atoms with Crippen molar-refractivity contribution < 1.29 is 9.53 Å². The van der Waals surface area contributed by atoms with Gasteiger partial charge >= 0.3 is 0 Å². The third kappa shape index (κ3) is 4.34. The van der Waals surface area contributed by atoms with Crippen LogP contribution in [0.4, 0.5) is 0 Å². The van der Waals surface area contributed by atoms with E-state index in [1.807, 2.05) is 26.0 Å². The molecule has 0 saturated carbocycles. The molecule has 88 valence electrons. The van der Waals surface area contributed by atoms with Gasteiger partial charge in [-0.3, -0.25) is 4.79 Å². The van der Waals surface area contributed by atoms with Gasteiger partial charge in [-0.25, -0.2) is 0 Å². The van der Waals surface area contributed by atoms with Gasteiger partial charge in [0.25, 0.3) is 0 Å². The van der Waals surface area contributed by atoms with Crippen molar-refractivity contribution in [2.24, 2.45) is 0 Å². The highest BCUT2D eigenvalue weighted by molar-refractivity contribution is 5.75. The molecule has 0 aliphatic heterocycles. The lowest BCUT2D eigenvalue weighted by atomic mass is 10.1. The molecule has 0 unspecified atom stereocenters. The summed E-state index contributed by atoms with van der Waals surface area (Å²) >= 11 is 0. The molecule has 3 nitrogen and oxygen atoms in total. The lowest BCUT2D eigenvalue weighted by Crippen LogP contribution is -2.18.